The lowest BCUT2D eigenvalue weighted by Crippen LogP contribution is -2.52. The van der Waals surface area contributed by atoms with Crippen LogP contribution in [0.15, 0.2) is 58.2 Å². The van der Waals surface area contributed by atoms with Gasteiger partial charge in [0.15, 0.2) is 5.03 Å². The van der Waals surface area contributed by atoms with Gasteiger partial charge in [0.1, 0.15) is 12.1 Å². The number of ether oxygens (including phenoxy) is 2. The number of sulfonamides is 1. The summed E-state index contributed by atoms with van der Waals surface area (Å²) in [5.41, 5.74) is -0.153. The summed E-state index contributed by atoms with van der Waals surface area (Å²) in [6.45, 7) is 2.83. The lowest BCUT2D eigenvalue weighted by atomic mass is 9.92. The molecule has 3 heterocycles. The van der Waals surface area contributed by atoms with Crippen LogP contribution in [0.2, 0.25) is 10.0 Å². The van der Waals surface area contributed by atoms with Crippen LogP contribution < -0.4 is 4.90 Å². The molecule has 2 aliphatic heterocycles. The Kier molecular flexibility index (Phi) is 9.52. The number of hydrogen-bond donors (Lipinski definition) is 0. The van der Waals surface area contributed by atoms with Crippen LogP contribution >= 0.6 is 39.1 Å². The predicted molar refractivity (Wildman–Crippen MR) is 165 cm³/mol. The van der Waals surface area contributed by atoms with E-state index in [2.05, 4.69) is 20.9 Å². The Labute approximate surface area is 268 Å². The van der Waals surface area contributed by atoms with Crippen molar-refractivity contribution < 1.29 is 27.5 Å². The number of rotatable bonds is 10. The third-order valence-corrected chi connectivity index (χ3v) is 10.3. The van der Waals surface area contributed by atoms with Gasteiger partial charge in [-0.1, -0.05) is 51.3 Å². The quantitative estimate of drug-likeness (QED) is 0.291. The van der Waals surface area contributed by atoms with Crippen molar-refractivity contribution in [1.82, 2.24) is 18.8 Å². The molecule has 15 heteroatoms. The van der Waals surface area contributed by atoms with E-state index in [0.717, 1.165) is 10.0 Å². The molecule has 0 unspecified atom stereocenters. The molecule has 0 bridgehead atoms. The summed E-state index contributed by atoms with van der Waals surface area (Å²) < 4.78 is 42.2. The number of fused-ring (bicyclic) bond motifs is 1. The second-order valence-corrected chi connectivity index (χ2v) is 14.1. The van der Waals surface area contributed by atoms with Crippen molar-refractivity contribution >= 4 is 72.6 Å². The number of methoxy groups -OCH3 is 1. The SMILES string of the molecule is COCCOCC(=O)N1CCN(S(=O)(=O)c2cnc3n2[C@](C)(Cc2ccc(Br)cc2)C(=O)N3c2cc(Cl)cc(Cl)c2)CC1. The van der Waals surface area contributed by atoms with E-state index in [4.69, 9.17) is 32.7 Å². The van der Waals surface area contributed by atoms with Gasteiger partial charge >= 0.3 is 0 Å². The van der Waals surface area contributed by atoms with Gasteiger partial charge in [0, 0.05) is 54.2 Å². The number of anilines is 2. The van der Waals surface area contributed by atoms with Gasteiger partial charge < -0.3 is 14.4 Å². The van der Waals surface area contributed by atoms with Crippen molar-refractivity contribution in [2.75, 3.05) is 58.0 Å². The first-order valence-electron chi connectivity index (χ1n) is 13.4. The van der Waals surface area contributed by atoms with Crippen molar-refractivity contribution in [1.29, 1.82) is 0 Å². The van der Waals surface area contributed by atoms with Crippen molar-refractivity contribution in [3.8, 4) is 0 Å². The van der Waals surface area contributed by atoms with E-state index in [1.807, 2.05) is 24.3 Å². The standard InChI is InChI=1S/C28H30BrCl2N5O6S/c1-28(16-19-3-5-20(29)6-4-19)26(38)35(23-14-21(30)13-22(31)15-23)27-32-17-25(36(27)28)43(39,40)34-9-7-33(8-10-34)24(37)18-42-12-11-41-2/h3-6,13-15,17H,7-12,16,18H2,1-2H3/t28-/m1/s1. The van der Waals surface area contributed by atoms with Crippen LogP contribution in [0.1, 0.15) is 12.5 Å². The number of carbonyl (C=O) groups is 2. The zero-order valence-electron chi connectivity index (χ0n) is 23.5. The Hall–Kier alpha value is -2.52. The van der Waals surface area contributed by atoms with Crippen LogP contribution in [0, 0.1) is 0 Å². The minimum Gasteiger partial charge on any atom is -0.382 e. The number of hydrogen-bond acceptors (Lipinski definition) is 7. The summed E-state index contributed by atoms with van der Waals surface area (Å²) in [4.78, 5) is 34.2. The lowest BCUT2D eigenvalue weighted by Gasteiger charge is -2.34. The van der Waals surface area contributed by atoms with Gasteiger partial charge in [0.25, 0.3) is 15.9 Å². The maximum atomic E-state index is 14.2. The fourth-order valence-corrected chi connectivity index (χ4v) is 7.70. The minimum absolute atomic E-state index is 0.0810. The summed E-state index contributed by atoms with van der Waals surface area (Å²) in [5.74, 6) is -0.456. The topological polar surface area (TPSA) is 114 Å². The first-order valence-corrected chi connectivity index (χ1v) is 16.4. The highest BCUT2D eigenvalue weighted by atomic mass is 79.9. The molecule has 43 heavy (non-hydrogen) atoms. The van der Waals surface area contributed by atoms with Gasteiger partial charge in [-0.25, -0.2) is 18.3 Å². The molecule has 1 saturated heterocycles. The van der Waals surface area contributed by atoms with Gasteiger partial charge in [-0.3, -0.25) is 14.2 Å². The minimum atomic E-state index is -4.12. The summed E-state index contributed by atoms with van der Waals surface area (Å²) in [7, 11) is -2.58. The first kappa shape index (κ1) is 31.9. The van der Waals surface area contributed by atoms with E-state index >= 15 is 0 Å². The molecule has 0 spiro atoms. The summed E-state index contributed by atoms with van der Waals surface area (Å²) in [5, 5.41) is 0.521. The fourth-order valence-electron chi connectivity index (χ4n) is 5.32. The van der Waals surface area contributed by atoms with Gasteiger partial charge in [-0.15, -0.1) is 0 Å². The summed E-state index contributed by atoms with van der Waals surface area (Å²) in [6.07, 6.45) is 1.47. The molecule has 0 N–H and O–H groups in total. The van der Waals surface area contributed by atoms with Crippen LogP contribution in [0.5, 0.6) is 0 Å². The average Bonchev–Trinajstić information content (AvgIpc) is 3.50. The number of piperazine rings is 1. The van der Waals surface area contributed by atoms with Crippen molar-refractivity contribution in [2.24, 2.45) is 0 Å². The third-order valence-electron chi connectivity index (χ3n) is 7.49. The second kappa shape index (κ2) is 12.8. The largest absolute Gasteiger partial charge is 0.382 e. The smallest absolute Gasteiger partial charge is 0.260 e. The molecule has 230 valence electrons. The van der Waals surface area contributed by atoms with Gasteiger partial charge in [0.05, 0.1) is 25.1 Å². The van der Waals surface area contributed by atoms with E-state index in [9.17, 15) is 18.0 Å². The highest BCUT2D eigenvalue weighted by molar-refractivity contribution is 9.10. The van der Waals surface area contributed by atoms with Crippen LogP contribution in [-0.2, 0) is 41.0 Å². The van der Waals surface area contributed by atoms with Crippen LogP contribution in [0.4, 0.5) is 11.6 Å². The molecule has 2 aromatic carbocycles. The Morgan fingerprint density at radius 3 is 2.33 bits per heavy atom. The highest BCUT2D eigenvalue weighted by Crippen LogP contribution is 2.45. The Morgan fingerprint density at radius 2 is 1.70 bits per heavy atom. The van der Waals surface area contributed by atoms with E-state index in [1.165, 1.54) is 20.0 Å². The molecule has 5 rings (SSSR count). The van der Waals surface area contributed by atoms with Crippen molar-refractivity contribution in [2.45, 2.75) is 23.9 Å². The molecule has 1 aromatic heterocycles. The Balaban J connectivity index is 1.47. The summed E-state index contributed by atoms with van der Waals surface area (Å²) >= 11 is 16.0. The molecule has 0 aliphatic carbocycles. The number of carbonyl (C=O) groups excluding carboxylic acids is 2. The molecular formula is C28H30BrCl2N5O6S. The van der Waals surface area contributed by atoms with Crippen molar-refractivity contribution in [3.63, 3.8) is 0 Å². The fraction of sp³-hybridized carbons (Fsp3) is 0.393. The number of nitrogens with zero attached hydrogens (tertiary/aromatic N) is 5. The lowest BCUT2D eigenvalue weighted by molar-refractivity contribution is -0.137. The molecule has 11 nitrogen and oxygen atoms in total. The monoisotopic (exact) mass is 713 g/mol. The van der Waals surface area contributed by atoms with Crippen LogP contribution in [-0.4, -0.2) is 92.1 Å². The maximum absolute atomic E-state index is 14.2. The van der Waals surface area contributed by atoms with Gasteiger partial charge in [-0.05, 0) is 42.8 Å². The normalized spacial score (nSPS) is 19.2. The second-order valence-electron chi connectivity index (χ2n) is 10.4. The van der Waals surface area contributed by atoms with Gasteiger partial charge in [-0.2, -0.15) is 4.31 Å². The number of imidazole rings is 1. The van der Waals surface area contributed by atoms with Gasteiger partial charge in [0.2, 0.25) is 11.9 Å². The Bertz CT molecular complexity index is 1610. The van der Waals surface area contributed by atoms with E-state index in [1.54, 1.807) is 37.1 Å². The first-order chi connectivity index (χ1) is 20.5. The Morgan fingerprint density at radius 1 is 1.05 bits per heavy atom. The number of amides is 2. The van der Waals surface area contributed by atoms with Crippen molar-refractivity contribution in [3.05, 3.63) is 68.7 Å². The molecule has 2 aliphatic rings. The average molecular weight is 715 g/mol. The number of halogens is 3. The maximum Gasteiger partial charge on any atom is 0.260 e. The summed E-state index contributed by atoms with van der Waals surface area (Å²) in [6, 6.07) is 12.2. The molecule has 3 aromatic rings. The number of aromatic nitrogens is 2. The van der Waals surface area contributed by atoms with Crippen LogP contribution in [0.25, 0.3) is 0 Å². The molecule has 1 atom stereocenters. The molecule has 0 saturated carbocycles. The molecule has 2 amide bonds. The van der Waals surface area contributed by atoms with Crippen LogP contribution in [0.3, 0.4) is 0 Å². The zero-order valence-corrected chi connectivity index (χ0v) is 27.4. The molecular weight excluding hydrogens is 685 g/mol. The zero-order chi connectivity index (χ0) is 30.9. The third kappa shape index (κ3) is 6.35. The van der Waals surface area contributed by atoms with E-state index < -0.39 is 15.6 Å². The van der Waals surface area contributed by atoms with E-state index in [0.29, 0.717) is 28.9 Å². The number of benzene rings is 2. The van der Waals surface area contributed by atoms with E-state index in [-0.39, 0.29) is 62.0 Å². The highest BCUT2D eigenvalue weighted by Gasteiger charge is 2.52. The molecule has 1 fully saturated rings. The molecule has 0 radical (unpaired) electrons. The predicted octanol–water partition coefficient (Wildman–Crippen LogP) is 4.08.